The topological polar surface area (TPSA) is 44.4 Å². The van der Waals surface area contributed by atoms with E-state index in [2.05, 4.69) is 27.7 Å². The highest BCUT2D eigenvalue weighted by atomic mass is 16.2. The Hall–Kier alpha value is -1.55. The summed E-state index contributed by atoms with van der Waals surface area (Å²) >= 11 is 0. The second-order valence-corrected chi connectivity index (χ2v) is 7.91. The van der Waals surface area contributed by atoms with Gasteiger partial charge in [0.05, 0.1) is 0 Å². The lowest BCUT2D eigenvalue weighted by Gasteiger charge is -2.25. The number of nitrogens with zero attached hydrogens (tertiary/aromatic N) is 1. The van der Waals surface area contributed by atoms with Crippen molar-refractivity contribution >= 4 is 11.7 Å². The average molecular weight is 311 g/mol. The summed E-state index contributed by atoms with van der Waals surface area (Å²) in [6.07, 6.45) is 6.65. The molecule has 1 saturated heterocycles. The lowest BCUT2D eigenvalue weighted by atomic mass is 9.98. The molecule has 0 aromatic heterocycles. The lowest BCUT2D eigenvalue weighted by Crippen LogP contribution is -2.40. The molecule has 0 bridgehead atoms. The van der Waals surface area contributed by atoms with Gasteiger partial charge < -0.3 is 15.5 Å². The number of carbonyl (C=O) groups is 1. The van der Waals surface area contributed by atoms with Gasteiger partial charge in [0.2, 0.25) is 0 Å². The molecule has 2 atom stereocenters. The highest BCUT2D eigenvalue weighted by Crippen LogP contribution is 2.48. The zero-order chi connectivity index (χ0) is 15.4. The van der Waals surface area contributed by atoms with E-state index in [0.717, 1.165) is 43.1 Å². The van der Waals surface area contributed by atoms with Crippen LogP contribution < -0.4 is 10.6 Å². The first kappa shape index (κ1) is 13.8. The summed E-state index contributed by atoms with van der Waals surface area (Å²) in [4.78, 5) is 15.0. The Morgan fingerprint density at radius 3 is 2.61 bits per heavy atom. The van der Waals surface area contributed by atoms with E-state index in [1.807, 2.05) is 6.07 Å². The molecule has 122 valence electrons. The van der Waals surface area contributed by atoms with E-state index in [1.165, 1.54) is 43.2 Å². The van der Waals surface area contributed by atoms with Crippen LogP contribution in [0.1, 0.15) is 43.2 Å². The van der Waals surface area contributed by atoms with Crippen molar-refractivity contribution in [2.45, 2.75) is 51.2 Å². The van der Waals surface area contributed by atoms with Gasteiger partial charge in [-0.2, -0.15) is 0 Å². The number of urea groups is 1. The zero-order valence-corrected chi connectivity index (χ0v) is 13.6. The van der Waals surface area contributed by atoms with Crippen LogP contribution in [0, 0.1) is 17.8 Å². The van der Waals surface area contributed by atoms with Gasteiger partial charge in [0, 0.05) is 31.4 Å². The number of nitrogens with one attached hydrogen (secondary N) is 2. The maximum atomic E-state index is 12.8. The van der Waals surface area contributed by atoms with Gasteiger partial charge in [0.15, 0.2) is 0 Å². The Morgan fingerprint density at radius 2 is 1.83 bits per heavy atom. The summed E-state index contributed by atoms with van der Waals surface area (Å²) in [6, 6.07) is 6.94. The second kappa shape index (κ2) is 5.23. The van der Waals surface area contributed by atoms with Gasteiger partial charge in [-0.1, -0.05) is 6.07 Å². The number of amides is 2. The summed E-state index contributed by atoms with van der Waals surface area (Å²) in [5, 5.41) is 6.52. The Balaban J connectivity index is 1.31. The van der Waals surface area contributed by atoms with Crippen LogP contribution in [0.5, 0.6) is 0 Å². The van der Waals surface area contributed by atoms with E-state index < -0.39 is 0 Å². The van der Waals surface area contributed by atoms with Crippen molar-refractivity contribution in [1.82, 2.24) is 10.2 Å². The molecule has 4 aliphatic rings. The molecule has 4 heteroatoms. The minimum Gasteiger partial charge on any atom is -0.321 e. The molecule has 5 rings (SSSR count). The number of benzene rings is 1. The van der Waals surface area contributed by atoms with Crippen molar-refractivity contribution in [3.05, 3.63) is 29.3 Å². The van der Waals surface area contributed by atoms with Gasteiger partial charge in [-0.3, -0.25) is 0 Å². The van der Waals surface area contributed by atoms with Crippen LogP contribution in [0.25, 0.3) is 0 Å². The van der Waals surface area contributed by atoms with Crippen LogP contribution in [0.3, 0.4) is 0 Å². The van der Waals surface area contributed by atoms with Crippen LogP contribution in [-0.4, -0.2) is 23.5 Å². The first-order valence-corrected chi connectivity index (χ1v) is 9.18. The van der Waals surface area contributed by atoms with Crippen molar-refractivity contribution in [1.29, 1.82) is 0 Å². The summed E-state index contributed by atoms with van der Waals surface area (Å²) < 4.78 is 0. The second-order valence-electron chi connectivity index (χ2n) is 7.91. The number of likely N-dealkylation sites (tertiary alicyclic amines) is 1. The SMILES string of the molecule is O=C(Nc1ccc2c(c1)CNC2)N1C[C@H](C2CC2)C[C@@H]1C1CC1. The van der Waals surface area contributed by atoms with Gasteiger partial charge in [-0.25, -0.2) is 4.79 Å². The molecule has 4 nitrogen and oxygen atoms in total. The number of hydrogen-bond acceptors (Lipinski definition) is 2. The third-order valence-corrected chi connectivity index (χ3v) is 6.18. The van der Waals surface area contributed by atoms with E-state index in [0.29, 0.717) is 6.04 Å². The van der Waals surface area contributed by atoms with Crippen molar-refractivity contribution in [3.63, 3.8) is 0 Å². The first-order valence-electron chi connectivity index (χ1n) is 9.18. The minimum absolute atomic E-state index is 0.121. The van der Waals surface area contributed by atoms with E-state index in [4.69, 9.17) is 0 Å². The molecule has 0 unspecified atom stereocenters. The summed E-state index contributed by atoms with van der Waals surface area (Å²) in [5.41, 5.74) is 3.62. The Bertz CT molecular complexity index is 636. The monoisotopic (exact) mass is 311 g/mol. The van der Waals surface area contributed by atoms with Crippen LogP contribution >= 0.6 is 0 Å². The molecule has 1 aromatic carbocycles. The highest BCUT2D eigenvalue weighted by Gasteiger charge is 2.47. The fourth-order valence-electron chi connectivity index (χ4n) is 4.54. The first-order chi connectivity index (χ1) is 11.3. The van der Waals surface area contributed by atoms with Crippen LogP contribution in [0.15, 0.2) is 18.2 Å². The van der Waals surface area contributed by atoms with Crippen molar-refractivity contribution in [3.8, 4) is 0 Å². The molecule has 3 fully saturated rings. The fourth-order valence-corrected chi connectivity index (χ4v) is 4.54. The van der Waals surface area contributed by atoms with E-state index in [1.54, 1.807) is 0 Å². The molecule has 2 amide bonds. The summed E-state index contributed by atoms with van der Waals surface area (Å²) in [7, 11) is 0. The van der Waals surface area contributed by atoms with E-state index in [9.17, 15) is 4.79 Å². The number of carbonyl (C=O) groups excluding carboxylic acids is 1. The van der Waals surface area contributed by atoms with E-state index in [-0.39, 0.29) is 6.03 Å². The van der Waals surface area contributed by atoms with Crippen LogP contribution in [0.4, 0.5) is 10.5 Å². The summed E-state index contributed by atoms with van der Waals surface area (Å²) in [6.45, 7) is 2.84. The standard InChI is InChI=1S/C19H25N3O/c23-19(21-17-6-5-14-9-20-10-15(14)7-17)22-11-16(12-1-2-12)8-18(22)13-3-4-13/h5-7,12-13,16,18,20H,1-4,8-11H2,(H,21,23)/t16-,18-/m1/s1. The van der Waals surface area contributed by atoms with E-state index >= 15 is 0 Å². The Kier molecular flexibility index (Phi) is 3.15. The molecular weight excluding hydrogens is 286 g/mol. The number of anilines is 1. The average Bonchev–Trinajstić information content (AvgIpc) is 3.48. The van der Waals surface area contributed by atoms with Crippen LogP contribution in [0.2, 0.25) is 0 Å². The number of fused-ring (bicyclic) bond motifs is 1. The highest BCUT2D eigenvalue weighted by molar-refractivity contribution is 5.90. The van der Waals surface area contributed by atoms with Gasteiger partial charge in [0.1, 0.15) is 0 Å². The molecule has 2 N–H and O–H groups in total. The number of hydrogen-bond donors (Lipinski definition) is 2. The van der Waals surface area contributed by atoms with Gasteiger partial charge >= 0.3 is 6.03 Å². The molecule has 2 heterocycles. The largest absolute Gasteiger partial charge is 0.322 e. The normalized spacial score (nSPS) is 29.7. The smallest absolute Gasteiger partial charge is 0.321 e. The van der Waals surface area contributed by atoms with Crippen LogP contribution in [-0.2, 0) is 13.1 Å². The van der Waals surface area contributed by atoms with Gasteiger partial charge in [-0.15, -0.1) is 0 Å². The minimum atomic E-state index is 0.121. The summed E-state index contributed by atoms with van der Waals surface area (Å²) in [5.74, 6) is 2.43. The molecule has 2 saturated carbocycles. The zero-order valence-electron chi connectivity index (χ0n) is 13.6. The lowest BCUT2D eigenvalue weighted by molar-refractivity contribution is 0.199. The molecule has 23 heavy (non-hydrogen) atoms. The predicted octanol–water partition coefficient (Wildman–Crippen LogP) is 3.33. The van der Waals surface area contributed by atoms with Crippen molar-refractivity contribution in [2.24, 2.45) is 17.8 Å². The molecule has 0 spiro atoms. The predicted molar refractivity (Wildman–Crippen MR) is 90.1 cm³/mol. The van der Waals surface area contributed by atoms with Crippen molar-refractivity contribution in [2.75, 3.05) is 11.9 Å². The molecular formula is C19H25N3O. The van der Waals surface area contributed by atoms with Crippen molar-refractivity contribution < 1.29 is 4.79 Å². The third kappa shape index (κ3) is 2.63. The molecule has 1 aromatic rings. The van der Waals surface area contributed by atoms with Gasteiger partial charge in [0.25, 0.3) is 0 Å². The fraction of sp³-hybridized carbons (Fsp3) is 0.632. The maximum absolute atomic E-state index is 12.8. The molecule has 2 aliphatic heterocycles. The maximum Gasteiger partial charge on any atom is 0.322 e. The van der Waals surface area contributed by atoms with Gasteiger partial charge in [-0.05, 0) is 73.1 Å². The Labute approximate surface area is 137 Å². The molecule has 2 aliphatic carbocycles. The Morgan fingerprint density at radius 1 is 1.04 bits per heavy atom. The number of rotatable bonds is 3. The third-order valence-electron chi connectivity index (χ3n) is 6.18. The molecule has 0 radical (unpaired) electrons. The quantitative estimate of drug-likeness (QED) is 0.899.